The van der Waals surface area contributed by atoms with Gasteiger partial charge in [0.2, 0.25) is 5.91 Å². The van der Waals surface area contributed by atoms with Crippen molar-refractivity contribution in [2.24, 2.45) is 5.73 Å². The molecule has 3 N–H and O–H groups in total. The fourth-order valence-electron chi connectivity index (χ4n) is 2.29. The fraction of sp³-hybridized carbons (Fsp3) is 0.923. The minimum Gasteiger partial charge on any atom is -0.353 e. The number of nitrogens with one attached hydrogen (secondary N) is 1. The molecule has 94 valence electrons. The third kappa shape index (κ3) is 6.11. The van der Waals surface area contributed by atoms with Crippen LogP contribution in [-0.4, -0.2) is 17.5 Å². The molecule has 0 aromatic heterocycles. The first kappa shape index (κ1) is 13.5. The summed E-state index contributed by atoms with van der Waals surface area (Å²) in [5, 5.41) is 3.12. The quantitative estimate of drug-likeness (QED) is 0.776. The Bertz CT molecular complexity index is 212. The summed E-state index contributed by atoms with van der Waals surface area (Å²) >= 11 is 0. The van der Waals surface area contributed by atoms with Gasteiger partial charge in [0.25, 0.3) is 0 Å². The van der Waals surface area contributed by atoms with E-state index in [4.69, 9.17) is 5.73 Å². The van der Waals surface area contributed by atoms with Crippen LogP contribution in [0.25, 0.3) is 0 Å². The summed E-state index contributed by atoms with van der Waals surface area (Å²) in [7, 11) is 0. The van der Waals surface area contributed by atoms with Crippen molar-refractivity contribution in [2.45, 2.75) is 76.8 Å². The van der Waals surface area contributed by atoms with Gasteiger partial charge in [-0.1, -0.05) is 32.1 Å². The SMILES string of the molecule is CC(C)(N)CC(=O)NC1CCCCCCC1. The van der Waals surface area contributed by atoms with E-state index >= 15 is 0 Å². The molecule has 3 nitrogen and oxygen atoms in total. The van der Waals surface area contributed by atoms with Crippen molar-refractivity contribution in [3.63, 3.8) is 0 Å². The lowest BCUT2D eigenvalue weighted by Crippen LogP contribution is -2.42. The largest absolute Gasteiger partial charge is 0.353 e. The van der Waals surface area contributed by atoms with E-state index in [-0.39, 0.29) is 5.91 Å². The zero-order valence-electron chi connectivity index (χ0n) is 10.7. The van der Waals surface area contributed by atoms with Crippen LogP contribution in [0.15, 0.2) is 0 Å². The van der Waals surface area contributed by atoms with Gasteiger partial charge in [-0.15, -0.1) is 0 Å². The first-order valence-corrected chi connectivity index (χ1v) is 6.56. The van der Waals surface area contributed by atoms with E-state index in [0.717, 1.165) is 12.8 Å². The molecule has 0 aromatic rings. The third-order valence-corrected chi connectivity index (χ3v) is 3.09. The lowest BCUT2D eigenvalue weighted by molar-refractivity contribution is -0.122. The second kappa shape index (κ2) is 6.24. The smallest absolute Gasteiger partial charge is 0.222 e. The Morgan fingerprint density at radius 2 is 1.69 bits per heavy atom. The summed E-state index contributed by atoms with van der Waals surface area (Å²) < 4.78 is 0. The van der Waals surface area contributed by atoms with Gasteiger partial charge in [-0.05, 0) is 26.7 Å². The molecule has 1 amide bonds. The lowest BCUT2D eigenvalue weighted by atomic mass is 9.96. The Morgan fingerprint density at radius 1 is 1.19 bits per heavy atom. The highest BCUT2D eigenvalue weighted by Crippen LogP contribution is 2.17. The summed E-state index contributed by atoms with van der Waals surface area (Å²) in [6, 6.07) is 0.384. The van der Waals surface area contributed by atoms with Crippen molar-refractivity contribution >= 4 is 5.91 Å². The molecule has 1 aliphatic carbocycles. The molecule has 0 aliphatic heterocycles. The molecule has 0 spiro atoms. The third-order valence-electron chi connectivity index (χ3n) is 3.09. The molecule has 0 saturated heterocycles. The second-order valence-electron chi connectivity index (χ2n) is 5.77. The summed E-state index contributed by atoms with van der Waals surface area (Å²) in [4.78, 5) is 11.7. The molecule has 3 heteroatoms. The summed E-state index contributed by atoms with van der Waals surface area (Å²) in [5.74, 6) is 0.109. The zero-order valence-corrected chi connectivity index (χ0v) is 10.7. The molecule has 16 heavy (non-hydrogen) atoms. The van der Waals surface area contributed by atoms with Crippen LogP contribution in [0.5, 0.6) is 0 Å². The average Bonchev–Trinajstić information content (AvgIpc) is 2.06. The average molecular weight is 226 g/mol. The van der Waals surface area contributed by atoms with E-state index in [1.165, 1.54) is 32.1 Å². The maximum absolute atomic E-state index is 11.7. The van der Waals surface area contributed by atoms with Crippen LogP contribution in [0.2, 0.25) is 0 Å². The predicted molar refractivity (Wildman–Crippen MR) is 67.1 cm³/mol. The van der Waals surface area contributed by atoms with Gasteiger partial charge in [0, 0.05) is 18.0 Å². The van der Waals surface area contributed by atoms with Crippen molar-refractivity contribution in [1.82, 2.24) is 5.32 Å². The molecule has 1 fully saturated rings. The fourth-order valence-corrected chi connectivity index (χ4v) is 2.29. The number of nitrogens with two attached hydrogens (primary N) is 1. The minimum absolute atomic E-state index is 0.109. The van der Waals surface area contributed by atoms with Gasteiger partial charge in [0.1, 0.15) is 0 Å². The Morgan fingerprint density at radius 3 is 2.19 bits per heavy atom. The van der Waals surface area contributed by atoms with Crippen molar-refractivity contribution in [2.75, 3.05) is 0 Å². The Hall–Kier alpha value is -0.570. The van der Waals surface area contributed by atoms with E-state index in [2.05, 4.69) is 5.32 Å². The molecule has 0 aromatic carbocycles. The van der Waals surface area contributed by atoms with Crippen LogP contribution in [0.1, 0.15) is 65.2 Å². The molecule has 1 rings (SSSR count). The van der Waals surface area contributed by atoms with Crippen molar-refractivity contribution in [1.29, 1.82) is 0 Å². The van der Waals surface area contributed by atoms with Gasteiger partial charge in [-0.25, -0.2) is 0 Å². The molecular formula is C13H26N2O. The van der Waals surface area contributed by atoms with Crippen molar-refractivity contribution in [3.8, 4) is 0 Å². The maximum Gasteiger partial charge on any atom is 0.222 e. The van der Waals surface area contributed by atoms with Crippen molar-refractivity contribution < 1.29 is 4.79 Å². The van der Waals surface area contributed by atoms with Gasteiger partial charge >= 0.3 is 0 Å². The van der Waals surface area contributed by atoms with E-state index in [9.17, 15) is 4.79 Å². The van der Waals surface area contributed by atoms with Crippen LogP contribution < -0.4 is 11.1 Å². The molecule has 0 bridgehead atoms. The Balaban J connectivity index is 2.30. The van der Waals surface area contributed by atoms with Gasteiger partial charge in [0.15, 0.2) is 0 Å². The normalized spacial score (nSPS) is 19.9. The van der Waals surface area contributed by atoms with E-state index in [1.54, 1.807) is 0 Å². The monoisotopic (exact) mass is 226 g/mol. The number of carbonyl (C=O) groups is 1. The van der Waals surface area contributed by atoms with E-state index < -0.39 is 5.54 Å². The molecule has 1 aliphatic rings. The summed E-state index contributed by atoms with van der Waals surface area (Å²) in [6.07, 6.45) is 9.17. The highest BCUT2D eigenvalue weighted by molar-refractivity contribution is 5.77. The lowest BCUT2D eigenvalue weighted by Gasteiger charge is -2.23. The van der Waals surface area contributed by atoms with Gasteiger partial charge in [0.05, 0.1) is 0 Å². The van der Waals surface area contributed by atoms with Gasteiger partial charge in [-0.2, -0.15) is 0 Å². The second-order valence-corrected chi connectivity index (χ2v) is 5.77. The standard InChI is InChI=1S/C13H26N2O/c1-13(2,14)10-12(16)15-11-8-6-4-3-5-7-9-11/h11H,3-10,14H2,1-2H3,(H,15,16). The molecule has 0 unspecified atom stereocenters. The molecule has 0 heterocycles. The topological polar surface area (TPSA) is 55.1 Å². The highest BCUT2D eigenvalue weighted by Gasteiger charge is 2.19. The van der Waals surface area contributed by atoms with Crippen LogP contribution in [-0.2, 0) is 4.79 Å². The van der Waals surface area contributed by atoms with Crippen LogP contribution in [0.3, 0.4) is 0 Å². The molecule has 0 atom stereocenters. The zero-order chi connectivity index (χ0) is 12.0. The van der Waals surface area contributed by atoms with E-state index in [1.807, 2.05) is 13.8 Å². The van der Waals surface area contributed by atoms with E-state index in [0.29, 0.717) is 12.5 Å². The minimum atomic E-state index is -0.397. The number of hydrogen-bond acceptors (Lipinski definition) is 2. The first-order chi connectivity index (χ1) is 7.47. The molecular weight excluding hydrogens is 200 g/mol. The van der Waals surface area contributed by atoms with Crippen LogP contribution in [0.4, 0.5) is 0 Å². The van der Waals surface area contributed by atoms with Crippen molar-refractivity contribution in [3.05, 3.63) is 0 Å². The van der Waals surface area contributed by atoms with Crippen LogP contribution >= 0.6 is 0 Å². The van der Waals surface area contributed by atoms with Crippen LogP contribution in [0, 0.1) is 0 Å². The predicted octanol–water partition coefficient (Wildman–Crippen LogP) is 2.34. The number of carbonyl (C=O) groups excluding carboxylic acids is 1. The summed E-state index contributed by atoms with van der Waals surface area (Å²) in [5.41, 5.74) is 5.44. The highest BCUT2D eigenvalue weighted by atomic mass is 16.1. The number of amides is 1. The number of hydrogen-bond donors (Lipinski definition) is 2. The van der Waals surface area contributed by atoms with Gasteiger partial charge < -0.3 is 11.1 Å². The molecule has 1 saturated carbocycles. The molecule has 0 radical (unpaired) electrons. The maximum atomic E-state index is 11.7. The van der Waals surface area contributed by atoms with Gasteiger partial charge in [-0.3, -0.25) is 4.79 Å². The summed E-state index contributed by atoms with van der Waals surface area (Å²) in [6.45, 7) is 3.79. The first-order valence-electron chi connectivity index (χ1n) is 6.56. The number of rotatable bonds is 3. The Kier molecular flexibility index (Phi) is 5.26. The Labute approximate surface area is 99.2 Å².